The molecular formula is C9H12N2O2. The molecule has 1 saturated carbocycles. The van der Waals surface area contributed by atoms with Gasteiger partial charge in [-0.2, -0.15) is 0 Å². The molecule has 2 atom stereocenters. The van der Waals surface area contributed by atoms with E-state index in [-0.39, 0.29) is 12.0 Å². The number of hydrogen-bond donors (Lipinski definition) is 1. The van der Waals surface area contributed by atoms with E-state index in [9.17, 15) is 4.79 Å². The molecule has 0 aromatic carbocycles. The Morgan fingerprint density at radius 2 is 2.46 bits per heavy atom. The van der Waals surface area contributed by atoms with Crippen molar-refractivity contribution in [1.29, 1.82) is 0 Å². The first-order valence-corrected chi connectivity index (χ1v) is 4.42. The van der Waals surface area contributed by atoms with Crippen LogP contribution in [-0.2, 0) is 4.79 Å². The summed E-state index contributed by atoms with van der Waals surface area (Å²) < 4.78 is 1.96. The molecule has 13 heavy (non-hydrogen) atoms. The minimum Gasteiger partial charge on any atom is -0.481 e. The monoisotopic (exact) mass is 180 g/mol. The first-order chi connectivity index (χ1) is 6.20. The maximum Gasteiger partial charge on any atom is 0.308 e. The van der Waals surface area contributed by atoms with Gasteiger partial charge in [0, 0.05) is 18.4 Å². The van der Waals surface area contributed by atoms with Gasteiger partial charge in [-0.05, 0) is 19.8 Å². The summed E-state index contributed by atoms with van der Waals surface area (Å²) in [6.07, 6.45) is 5.31. The Morgan fingerprint density at radius 3 is 2.85 bits per heavy atom. The van der Waals surface area contributed by atoms with Gasteiger partial charge in [-0.1, -0.05) is 0 Å². The average molecular weight is 180 g/mol. The van der Waals surface area contributed by atoms with E-state index in [1.807, 2.05) is 17.7 Å². The first kappa shape index (κ1) is 8.29. The second-order valence-electron chi connectivity index (χ2n) is 3.47. The number of aryl methyl sites for hydroxylation is 1. The number of hydrogen-bond acceptors (Lipinski definition) is 2. The molecule has 1 aliphatic rings. The number of aliphatic carboxylic acids is 1. The predicted octanol–water partition coefficient (Wildman–Crippen LogP) is 1.23. The third-order valence-corrected chi connectivity index (χ3v) is 2.77. The quantitative estimate of drug-likeness (QED) is 0.744. The highest BCUT2D eigenvalue weighted by atomic mass is 16.4. The second-order valence-corrected chi connectivity index (χ2v) is 3.47. The molecule has 0 bridgehead atoms. The molecule has 1 N–H and O–H groups in total. The summed E-state index contributed by atoms with van der Waals surface area (Å²) >= 11 is 0. The van der Waals surface area contributed by atoms with Gasteiger partial charge in [0.2, 0.25) is 0 Å². The van der Waals surface area contributed by atoms with E-state index < -0.39 is 5.97 Å². The molecule has 1 aliphatic carbocycles. The van der Waals surface area contributed by atoms with E-state index in [0.717, 1.165) is 18.7 Å². The van der Waals surface area contributed by atoms with Crippen molar-refractivity contribution in [2.24, 2.45) is 5.92 Å². The molecule has 0 spiro atoms. The number of nitrogens with zero attached hydrogens (tertiary/aromatic N) is 2. The summed E-state index contributed by atoms with van der Waals surface area (Å²) in [5, 5.41) is 8.86. The molecule has 0 radical (unpaired) electrons. The van der Waals surface area contributed by atoms with Gasteiger partial charge in [0.15, 0.2) is 0 Å². The lowest BCUT2D eigenvalue weighted by atomic mass is 9.79. The third kappa shape index (κ3) is 1.22. The molecule has 0 saturated heterocycles. The standard InChI is InChI=1S/C9H12N2O2/c1-6-10-4-5-11(6)8-3-2-7(8)9(12)13/h4-5,7-8H,2-3H2,1H3,(H,12,13). The van der Waals surface area contributed by atoms with Crippen molar-refractivity contribution in [2.45, 2.75) is 25.8 Å². The smallest absolute Gasteiger partial charge is 0.308 e. The Balaban J connectivity index is 2.19. The highest BCUT2D eigenvalue weighted by molar-refractivity contribution is 5.71. The van der Waals surface area contributed by atoms with E-state index in [1.54, 1.807) is 6.20 Å². The van der Waals surface area contributed by atoms with Gasteiger partial charge in [-0.15, -0.1) is 0 Å². The Kier molecular flexibility index (Phi) is 1.83. The summed E-state index contributed by atoms with van der Waals surface area (Å²) in [5.41, 5.74) is 0. The number of imidazole rings is 1. The van der Waals surface area contributed by atoms with Crippen molar-refractivity contribution in [3.8, 4) is 0 Å². The van der Waals surface area contributed by atoms with E-state index in [1.165, 1.54) is 0 Å². The number of aromatic nitrogens is 2. The van der Waals surface area contributed by atoms with Crippen molar-refractivity contribution in [2.75, 3.05) is 0 Å². The van der Waals surface area contributed by atoms with Gasteiger partial charge in [-0.3, -0.25) is 4.79 Å². The molecule has 1 heterocycles. The van der Waals surface area contributed by atoms with Crippen molar-refractivity contribution in [1.82, 2.24) is 9.55 Å². The van der Waals surface area contributed by atoms with E-state index in [2.05, 4.69) is 4.98 Å². The van der Waals surface area contributed by atoms with Crippen molar-refractivity contribution < 1.29 is 9.90 Å². The minimum absolute atomic E-state index is 0.125. The number of carboxylic acids is 1. The maximum absolute atomic E-state index is 10.8. The highest BCUT2D eigenvalue weighted by Crippen LogP contribution is 2.39. The van der Waals surface area contributed by atoms with Crippen LogP contribution in [0.3, 0.4) is 0 Å². The molecule has 1 fully saturated rings. The molecule has 0 aliphatic heterocycles. The van der Waals surface area contributed by atoms with Crippen LogP contribution in [0.2, 0.25) is 0 Å². The molecule has 2 unspecified atom stereocenters. The molecule has 4 heteroatoms. The summed E-state index contributed by atoms with van der Waals surface area (Å²) in [6, 6.07) is 0.125. The first-order valence-electron chi connectivity index (χ1n) is 4.42. The van der Waals surface area contributed by atoms with Gasteiger partial charge < -0.3 is 9.67 Å². The van der Waals surface area contributed by atoms with E-state index in [4.69, 9.17) is 5.11 Å². The molecule has 70 valence electrons. The Morgan fingerprint density at radius 1 is 1.69 bits per heavy atom. The number of rotatable bonds is 2. The van der Waals surface area contributed by atoms with Crippen molar-refractivity contribution in [3.63, 3.8) is 0 Å². The topological polar surface area (TPSA) is 55.1 Å². The fourth-order valence-corrected chi connectivity index (χ4v) is 1.84. The van der Waals surface area contributed by atoms with Gasteiger partial charge in [-0.25, -0.2) is 4.98 Å². The molecule has 2 rings (SSSR count). The third-order valence-electron chi connectivity index (χ3n) is 2.77. The molecular weight excluding hydrogens is 168 g/mol. The SMILES string of the molecule is Cc1nccn1C1CCC1C(=O)O. The van der Waals surface area contributed by atoms with Crippen LogP contribution in [0.4, 0.5) is 0 Å². The summed E-state index contributed by atoms with van der Waals surface area (Å²) in [4.78, 5) is 14.8. The Hall–Kier alpha value is -1.32. The highest BCUT2D eigenvalue weighted by Gasteiger charge is 2.38. The van der Waals surface area contributed by atoms with Gasteiger partial charge >= 0.3 is 5.97 Å². The van der Waals surface area contributed by atoms with Crippen molar-refractivity contribution in [3.05, 3.63) is 18.2 Å². The van der Waals surface area contributed by atoms with Crippen LogP contribution >= 0.6 is 0 Å². The molecule has 0 amide bonds. The van der Waals surface area contributed by atoms with E-state index in [0.29, 0.717) is 0 Å². The van der Waals surface area contributed by atoms with Crippen LogP contribution in [0.15, 0.2) is 12.4 Å². The maximum atomic E-state index is 10.8. The second kappa shape index (κ2) is 2.87. The summed E-state index contributed by atoms with van der Waals surface area (Å²) in [6.45, 7) is 1.90. The fourth-order valence-electron chi connectivity index (χ4n) is 1.84. The Bertz CT molecular complexity index is 332. The van der Waals surface area contributed by atoms with Crippen molar-refractivity contribution >= 4 is 5.97 Å². The minimum atomic E-state index is -0.690. The molecule has 1 aromatic heterocycles. The lowest BCUT2D eigenvalue weighted by Crippen LogP contribution is -2.35. The Labute approximate surface area is 76.2 Å². The van der Waals surface area contributed by atoms with Crippen LogP contribution in [0, 0.1) is 12.8 Å². The molecule has 1 aromatic rings. The predicted molar refractivity (Wildman–Crippen MR) is 46.4 cm³/mol. The zero-order chi connectivity index (χ0) is 9.42. The van der Waals surface area contributed by atoms with Gasteiger partial charge in [0.05, 0.1) is 5.92 Å². The van der Waals surface area contributed by atoms with Crippen LogP contribution in [-0.4, -0.2) is 20.6 Å². The lowest BCUT2D eigenvalue weighted by Gasteiger charge is -2.34. The zero-order valence-electron chi connectivity index (χ0n) is 7.47. The normalized spacial score (nSPS) is 26.8. The number of carbonyl (C=O) groups is 1. The van der Waals surface area contributed by atoms with E-state index >= 15 is 0 Å². The van der Waals surface area contributed by atoms with Crippen LogP contribution in [0.25, 0.3) is 0 Å². The van der Waals surface area contributed by atoms with Crippen LogP contribution in [0.5, 0.6) is 0 Å². The largest absolute Gasteiger partial charge is 0.481 e. The summed E-state index contributed by atoms with van der Waals surface area (Å²) in [7, 11) is 0. The van der Waals surface area contributed by atoms with Gasteiger partial charge in [0.25, 0.3) is 0 Å². The fraction of sp³-hybridized carbons (Fsp3) is 0.556. The zero-order valence-corrected chi connectivity index (χ0v) is 7.47. The average Bonchev–Trinajstić information content (AvgIpc) is 2.33. The van der Waals surface area contributed by atoms with Crippen LogP contribution in [0.1, 0.15) is 24.7 Å². The lowest BCUT2D eigenvalue weighted by molar-refractivity contribution is -0.147. The number of carboxylic acid groups (broad SMARTS) is 1. The molecule has 4 nitrogen and oxygen atoms in total. The van der Waals surface area contributed by atoms with Gasteiger partial charge in [0.1, 0.15) is 5.82 Å². The summed E-state index contributed by atoms with van der Waals surface area (Å²) in [5.74, 6) is -0.00630. The van der Waals surface area contributed by atoms with Crippen LogP contribution < -0.4 is 0 Å².